The SMILES string of the molecule is CCCC(C)(NC(C)c1cc(C)ccc1O)C(=O)O. The molecule has 0 radical (unpaired) electrons. The molecule has 4 heteroatoms. The Morgan fingerprint density at radius 2 is 2.11 bits per heavy atom. The van der Waals surface area contributed by atoms with Crippen LogP contribution < -0.4 is 5.32 Å². The minimum Gasteiger partial charge on any atom is -0.508 e. The van der Waals surface area contributed by atoms with E-state index in [9.17, 15) is 15.0 Å². The van der Waals surface area contributed by atoms with E-state index >= 15 is 0 Å². The molecule has 0 spiro atoms. The lowest BCUT2D eigenvalue weighted by Gasteiger charge is -2.30. The highest BCUT2D eigenvalue weighted by Gasteiger charge is 2.33. The van der Waals surface area contributed by atoms with Gasteiger partial charge in [0.2, 0.25) is 0 Å². The maximum Gasteiger partial charge on any atom is 0.323 e. The van der Waals surface area contributed by atoms with E-state index in [4.69, 9.17) is 0 Å². The highest BCUT2D eigenvalue weighted by Crippen LogP contribution is 2.27. The molecule has 0 heterocycles. The van der Waals surface area contributed by atoms with Crippen LogP contribution >= 0.6 is 0 Å². The minimum atomic E-state index is -0.982. The van der Waals surface area contributed by atoms with Crippen molar-refractivity contribution < 1.29 is 15.0 Å². The predicted molar refractivity (Wildman–Crippen MR) is 75.3 cm³/mol. The van der Waals surface area contributed by atoms with Gasteiger partial charge in [0.05, 0.1) is 0 Å². The van der Waals surface area contributed by atoms with Crippen molar-refractivity contribution in [1.82, 2.24) is 5.32 Å². The second-order valence-corrected chi connectivity index (χ2v) is 5.32. The van der Waals surface area contributed by atoms with Gasteiger partial charge in [0, 0.05) is 11.6 Å². The Bertz CT molecular complexity index is 459. The average molecular weight is 265 g/mol. The molecule has 2 atom stereocenters. The summed E-state index contributed by atoms with van der Waals surface area (Å²) in [5, 5.41) is 22.4. The van der Waals surface area contributed by atoms with Crippen molar-refractivity contribution in [2.45, 2.75) is 52.1 Å². The first-order valence-corrected chi connectivity index (χ1v) is 6.60. The molecule has 0 saturated carbocycles. The average Bonchev–Trinajstić information content (AvgIpc) is 2.32. The largest absolute Gasteiger partial charge is 0.508 e. The summed E-state index contributed by atoms with van der Waals surface area (Å²) in [6.07, 6.45) is 1.32. The van der Waals surface area contributed by atoms with Gasteiger partial charge in [-0.1, -0.05) is 31.0 Å². The van der Waals surface area contributed by atoms with Crippen LogP contribution in [0.2, 0.25) is 0 Å². The molecule has 106 valence electrons. The normalized spacial score (nSPS) is 15.8. The van der Waals surface area contributed by atoms with Crippen molar-refractivity contribution in [3.63, 3.8) is 0 Å². The predicted octanol–water partition coefficient (Wildman–Crippen LogP) is 2.99. The van der Waals surface area contributed by atoms with E-state index in [-0.39, 0.29) is 11.8 Å². The molecule has 2 unspecified atom stereocenters. The summed E-state index contributed by atoms with van der Waals surface area (Å²) >= 11 is 0. The first kappa shape index (κ1) is 15.5. The van der Waals surface area contributed by atoms with Gasteiger partial charge >= 0.3 is 5.97 Å². The summed E-state index contributed by atoms with van der Waals surface area (Å²) in [6, 6.07) is 5.11. The van der Waals surface area contributed by atoms with Gasteiger partial charge in [-0.2, -0.15) is 0 Å². The van der Waals surface area contributed by atoms with Crippen LogP contribution in [0, 0.1) is 6.92 Å². The van der Waals surface area contributed by atoms with E-state index in [1.807, 2.05) is 32.9 Å². The summed E-state index contributed by atoms with van der Waals surface area (Å²) in [4.78, 5) is 11.4. The van der Waals surface area contributed by atoms with Gasteiger partial charge in [0.15, 0.2) is 0 Å². The summed E-state index contributed by atoms with van der Waals surface area (Å²) in [6.45, 7) is 7.45. The topological polar surface area (TPSA) is 69.6 Å². The smallest absolute Gasteiger partial charge is 0.323 e. The number of hydrogen-bond acceptors (Lipinski definition) is 3. The quantitative estimate of drug-likeness (QED) is 0.739. The fourth-order valence-corrected chi connectivity index (χ4v) is 2.32. The molecule has 1 aromatic carbocycles. The van der Waals surface area contributed by atoms with Crippen molar-refractivity contribution >= 4 is 5.97 Å². The van der Waals surface area contributed by atoms with Gasteiger partial charge in [0.25, 0.3) is 0 Å². The van der Waals surface area contributed by atoms with Gasteiger partial charge in [-0.25, -0.2) is 0 Å². The number of phenols is 1. The first-order chi connectivity index (χ1) is 8.80. The third-order valence-electron chi connectivity index (χ3n) is 3.41. The molecule has 0 saturated heterocycles. The lowest BCUT2D eigenvalue weighted by Crippen LogP contribution is -2.50. The molecular weight excluding hydrogens is 242 g/mol. The molecule has 19 heavy (non-hydrogen) atoms. The van der Waals surface area contributed by atoms with Gasteiger partial charge in [0.1, 0.15) is 11.3 Å². The van der Waals surface area contributed by atoms with Gasteiger partial charge in [-0.3, -0.25) is 10.1 Å². The number of hydrogen-bond donors (Lipinski definition) is 3. The fraction of sp³-hybridized carbons (Fsp3) is 0.533. The molecule has 0 aromatic heterocycles. The Morgan fingerprint density at radius 3 is 2.63 bits per heavy atom. The van der Waals surface area contributed by atoms with E-state index in [1.165, 1.54) is 0 Å². The van der Waals surface area contributed by atoms with E-state index < -0.39 is 11.5 Å². The highest BCUT2D eigenvalue weighted by atomic mass is 16.4. The molecule has 0 amide bonds. The molecule has 0 fully saturated rings. The van der Waals surface area contributed by atoms with Crippen molar-refractivity contribution in [2.24, 2.45) is 0 Å². The highest BCUT2D eigenvalue weighted by molar-refractivity contribution is 5.78. The summed E-state index contributed by atoms with van der Waals surface area (Å²) in [7, 11) is 0. The van der Waals surface area contributed by atoms with Crippen molar-refractivity contribution in [3.05, 3.63) is 29.3 Å². The van der Waals surface area contributed by atoms with Crippen molar-refractivity contribution in [3.8, 4) is 5.75 Å². The zero-order valence-corrected chi connectivity index (χ0v) is 12.0. The van der Waals surface area contributed by atoms with Gasteiger partial charge in [-0.15, -0.1) is 0 Å². The first-order valence-electron chi connectivity index (χ1n) is 6.60. The van der Waals surface area contributed by atoms with Crippen LogP contribution in [0.4, 0.5) is 0 Å². The second kappa shape index (κ2) is 6.06. The molecule has 4 nitrogen and oxygen atoms in total. The lowest BCUT2D eigenvalue weighted by molar-refractivity contribution is -0.144. The van der Waals surface area contributed by atoms with Crippen LogP contribution in [-0.4, -0.2) is 21.7 Å². The Balaban J connectivity index is 2.97. The zero-order chi connectivity index (χ0) is 14.6. The molecule has 1 rings (SSSR count). The maximum absolute atomic E-state index is 11.4. The Morgan fingerprint density at radius 1 is 1.47 bits per heavy atom. The van der Waals surface area contributed by atoms with E-state index in [2.05, 4.69) is 5.32 Å². The molecular formula is C15H23NO3. The minimum absolute atomic E-state index is 0.190. The standard InChI is InChI=1S/C15H23NO3/c1-5-8-15(4,14(18)19)16-11(3)12-9-10(2)6-7-13(12)17/h6-7,9,11,16-17H,5,8H2,1-4H3,(H,18,19). The third-order valence-corrected chi connectivity index (χ3v) is 3.41. The van der Waals surface area contributed by atoms with Crippen LogP contribution in [0.25, 0.3) is 0 Å². The zero-order valence-electron chi connectivity index (χ0n) is 12.0. The van der Waals surface area contributed by atoms with E-state index in [0.717, 1.165) is 17.5 Å². The molecule has 0 aliphatic carbocycles. The number of carbonyl (C=O) groups is 1. The summed E-state index contributed by atoms with van der Waals surface area (Å²) in [5.41, 5.74) is 0.780. The fourth-order valence-electron chi connectivity index (χ4n) is 2.32. The molecule has 0 aliphatic rings. The summed E-state index contributed by atoms with van der Waals surface area (Å²) in [5.74, 6) is -0.678. The molecule has 0 aliphatic heterocycles. The number of phenolic OH excluding ortho intramolecular Hbond substituents is 1. The number of carboxylic acids is 1. The monoisotopic (exact) mass is 265 g/mol. The van der Waals surface area contributed by atoms with Crippen molar-refractivity contribution in [2.75, 3.05) is 0 Å². The van der Waals surface area contributed by atoms with Gasteiger partial charge in [-0.05, 0) is 33.3 Å². The molecule has 3 N–H and O–H groups in total. The van der Waals surface area contributed by atoms with Crippen LogP contribution in [0.5, 0.6) is 5.75 Å². The van der Waals surface area contributed by atoms with Crippen molar-refractivity contribution in [1.29, 1.82) is 0 Å². The maximum atomic E-state index is 11.4. The second-order valence-electron chi connectivity index (χ2n) is 5.32. The number of aryl methyl sites for hydroxylation is 1. The van der Waals surface area contributed by atoms with Crippen LogP contribution in [0.15, 0.2) is 18.2 Å². The Hall–Kier alpha value is -1.55. The number of carboxylic acid groups (broad SMARTS) is 1. The number of rotatable bonds is 6. The molecule has 0 bridgehead atoms. The number of aliphatic carboxylic acids is 1. The summed E-state index contributed by atoms with van der Waals surface area (Å²) < 4.78 is 0. The van der Waals surface area contributed by atoms with Crippen LogP contribution in [0.3, 0.4) is 0 Å². The number of aromatic hydroxyl groups is 1. The van der Waals surface area contributed by atoms with Crippen LogP contribution in [0.1, 0.15) is 50.8 Å². The lowest BCUT2D eigenvalue weighted by atomic mass is 9.93. The Kier molecular flexibility index (Phi) is 4.95. The third kappa shape index (κ3) is 3.70. The van der Waals surface area contributed by atoms with E-state index in [1.54, 1.807) is 13.0 Å². The van der Waals surface area contributed by atoms with Gasteiger partial charge < -0.3 is 10.2 Å². The number of benzene rings is 1. The number of nitrogens with one attached hydrogen (secondary N) is 1. The van der Waals surface area contributed by atoms with E-state index in [0.29, 0.717) is 6.42 Å². The van der Waals surface area contributed by atoms with Crippen LogP contribution in [-0.2, 0) is 4.79 Å². The Labute approximate surface area is 114 Å². The molecule has 1 aromatic rings.